The number of halogens is 4. The van der Waals surface area contributed by atoms with Crippen LogP contribution in [0.5, 0.6) is 11.5 Å². The van der Waals surface area contributed by atoms with Crippen LogP contribution in [0.15, 0.2) is 24.3 Å². The number of carbonyl (C=O) groups is 1. The van der Waals surface area contributed by atoms with Crippen LogP contribution in [0.25, 0.3) is 0 Å². The van der Waals surface area contributed by atoms with Crippen LogP contribution >= 0.6 is 11.6 Å². The van der Waals surface area contributed by atoms with Gasteiger partial charge in [0.15, 0.2) is 29.0 Å². The third-order valence-electron chi connectivity index (χ3n) is 3.33. The van der Waals surface area contributed by atoms with Crippen LogP contribution in [0.3, 0.4) is 0 Å². The van der Waals surface area contributed by atoms with Gasteiger partial charge in [-0.25, -0.2) is 13.2 Å². The van der Waals surface area contributed by atoms with Crippen molar-refractivity contribution in [1.29, 1.82) is 0 Å². The molecule has 0 bridgehead atoms. The van der Waals surface area contributed by atoms with Gasteiger partial charge in [0.2, 0.25) is 5.91 Å². The number of hydrogen-bond donors (Lipinski definition) is 1. The Balaban J connectivity index is 1.76. The van der Waals surface area contributed by atoms with E-state index in [0.717, 1.165) is 12.1 Å². The predicted molar refractivity (Wildman–Crippen MR) is 81.1 cm³/mol. The van der Waals surface area contributed by atoms with Gasteiger partial charge >= 0.3 is 0 Å². The summed E-state index contributed by atoms with van der Waals surface area (Å²) in [6, 6.07) is 4.79. The third-order valence-corrected chi connectivity index (χ3v) is 3.61. The molecular weight excluding hydrogens is 347 g/mol. The molecule has 0 radical (unpaired) electrons. The smallest absolute Gasteiger partial charge is 0.228 e. The number of carbonyl (C=O) groups excluding carboxylic acids is 1. The van der Waals surface area contributed by atoms with Crippen LogP contribution in [0.4, 0.5) is 18.9 Å². The summed E-state index contributed by atoms with van der Waals surface area (Å²) in [7, 11) is 0. The second-order valence-corrected chi connectivity index (χ2v) is 5.46. The minimum atomic E-state index is -1.64. The van der Waals surface area contributed by atoms with Crippen molar-refractivity contribution in [2.24, 2.45) is 0 Å². The summed E-state index contributed by atoms with van der Waals surface area (Å²) in [6.07, 6.45) is -0.158. The van der Waals surface area contributed by atoms with E-state index in [9.17, 15) is 18.0 Å². The highest BCUT2D eigenvalue weighted by Crippen LogP contribution is 2.38. The second-order valence-electron chi connectivity index (χ2n) is 5.05. The Morgan fingerprint density at radius 2 is 1.88 bits per heavy atom. The van der Waals surface area contributed by atoms with Crippen LogP contribution in [-0.4, -0.2) is 19.1 Å². The highest BCUT2D eigenvalue weighted by molar-refractivity contribution is 6.32. The van der Waals surface area contributed by atoms with E-state index in [1.165, 1.54) is 6.07 Å². The summed E-state index contributed by atoms with van der Waals surface area (Å²) in [4.78, 5) is 12.0. The molecule has 0 saturated heterocycles. The Kier molecular flexibility index (Phi) is 4.53. The molecule has 0 aromatic heterocycles. The van der Waals surface area contributed by atoms with Crippen LogP contribution < -0.4 is 14.8 Å². The van der Waals surface area contributed by atoms with Crippen molar-refractivity contribution in [3.63, 3.8) is 0 Å². The molecule has 0 atom stereocenters. The molecule has 2 aromatic rings. The number of amides is 1. The first-order valence-electron chi connectivity index (χ1n) is 6.97. The van der Waals surface area contributed by atoms with Crippen molar-refractivity contribution in [3.8, 4) is 11.5 Å². The Morgan fingerprint density at radius 1 is 1.12 bits per heavy atom. The molecule has 0 unspecified atom stereocenters. The fourth-order valence-corrected chi connectivity index (χ4v) is 2.56. The van der Waals surface area contributed by atoms with Gasteiger partial charge in [0.25, 0.3) is 0 Å². The fraction of sp³-hybridized carbons (Fsp3) is 0.188. The molecule has 1 aliphatic heterocycles. The van der Waals surface area contributed by atoms with Gasteiger partial charge in [-0.3, -0.25) is 4.79 Å². The van der Waals surface area contributed by atoms with E-state index < -0.39 is 29.0 Å². The zero-order valence-corrected chi connectivity index (χ0v) is 12.9. The second kappa shape index (κ2) is 6.60. The summed E-state index contributed by atoms with van der Waals surface area (Å²) in [6.45, 7) is 0.737. The molecule has 8 heteroatoms. The molecule has 126 valence electrons. The van der Waals surface area contributed by atoms with Crippen molar-refractivity contribution >= 4 is 23.2 Å². The van der Waals surface area contributed by atoms with Crippen molar-refractivity contribution in [2.75, 3.05) is 18.5 Å². The zero-order chi connectivity index (χ0) is 17.3. The van der Waals surface area contributed by atoms with E-state index in [2.05, 4.69) is 5.32 Å². The number of fused-ring (bicyclic) bond motifs is 1. The SMILES string of the molecule is O=C(Cc1cc(Cl)c2c(c1)OCCO2)Nc1ccc(F)c(F)c1F. The zero-order valence-electron chi connectivity index (χ0n) is 12.2. The summed E-state index contributed by atoms with van der Waals surface area (Å²) in [5.74, 6) is -4.23. The van der Waals surface area contributed by atoms with E-state index in [1.807, 2.05) is 0 Å². The van der Waals surface area contributed by atoms with Crippen LogP contribution in [0.2, 0.25) is 5.02 Å². The van der Waals surface area contributed by atoms with Gasteiger partial charge in [-0.15, -0.1) is 0 Å². The van der Waals surface area contributed by atoms with Gasteiger partial charge in [0.1, 0.15) is 13.2 Å². The van der Waals surface area contributed by atoms with Gasteiger partial charge < -0.3 is 14.8 Å². The van der Waals surface area contributed by atoms with Crippen LogP contribution in [-0.2, 0) is 11.2 Å². The quantitative estimate of drug-likeness (QED) is 0.852. The number of nitrogens with one attached hydrogen (secondary N) is 1. The molecule has 1 N–H and O–H groups in total. The van der Waals surface area contributed by atoms with Crippen molar-refractivity contribution in [1.82, 2.24) is 0 Å². The lowest BCUT2D eigenvalue weighted by Crippen LogP contribution is -2.18. The average molecular weight is 358 g/mol. The van der Waals surface area contributed by atoms with Crippen molar-refractivity contribution in [2.45, 2.75) is 6.42 Å². The first kappa shape index (κ1) is 16.4. The van der Waals surface area contributed by atoms with Crippen LogP contribution in [0.1, 0.15) is 5.56 Å². The lowest BCUT2D eigenvalue weighted by Gasteiger charge is -2.20. The Hall–Kier alpha value is -2.41. The number of benzene rings is 2. The molecule has 1 heterocycles. The first-order chi connectivity index (χ1) is 11.5. The summed E-state index contributed by atoms with van der Waals surface area (Å²) in [5.41, 5.74) is 0.0623. The van der Waals surface area contributed by atoms with E-state index in [1.54, 1.807) is 6.07 Å². The normalized spacial score (nSPS) is 12.8. The molecule has 1 amide bonds. The maximum atomic E-state index is 13.6. The molecular formula is C16H11ClF3NO3. The highest BCUT2D eigenvalue weighted by Gasteiger charge is 2.19. The molecule has 0 fully saturated rings. The topological polar surface area (TPSA) is 47.6 Å². The lowest BCUT2D eigenvalue weighted by molar-refractivity contribution is -0.115. The molecule has 0 spiro atoms. The minimum Gasteiger partial charge on any atom is -0.486 e. The maximum Gasteiger partial charge on any atom is 0.228 e. The molecule has 3 rings (SSSR count). The fourth-order valence-electron chi connectivity index (χ4n) is 2.27. The Bertz CT molecular complexity index is 814. The first-order valence-corrected chi connectivity index (χ1v) is 7.35. The van der Waals surface area contributed by atoms with Gasteiger partial charge in [-0.2, -0.15) is 0 Å². The minimum absolute atomic E-state index is 0.158. The number of rotatable bonds is 3. The maximum absolute atomic E-state index is 13.6. The monoisotopic (exact) mass is 357 g/mol. The van der Waals surface area contributed by atoms with Crippen molar-refractivity contribution < 1.29 is 27.4 Å². The highest BCUT2D eigenvalue weighted by atomic mass is 35.5. The Morgan fingerprint density at radius 3 is 2.67 bits per heavy atom. The molecule has 24 heavy (non-hydrogen) atoms. The molecule has 0 aliphatic carbocycles. The van der Waals surface area contributed by atoms with Gasteiger partial charge in [-0.1, -0.05) is 11.6 Å². The molecule has 0 saturated carbocycles. The largest absolute Gasteiger partial charge is 0.486 e. The third kappa shape index (κ3) is 3.26. The van der Waals surface area contributed by atoms with Crippen molar-refractivity contribution in [3.05, 3.63) is 52.3 Å². The molecule has 4 nitrogen and oxygen atoms in total. The van der Waals surface area contributed by atoms with E-state index >= 15 is 0 Å². The average Bonchev–Trinajstić information content (AvgIpc) is 2.55. The van der Waals surface area contributed by atoms with E-state index in [-0.39, 0.29) is 11.4 Å². The molecule has 2 aromatic carbocycles. The van der Waals surface area contributed by atoms with E-state index in [0.29, 0.717) is 30.3 Å². The summed E-state index contributed by atoms with van der Waals surface area (Å²) < 4.78 is 50.4. The molecule has 1 aliphatic rings. The summed E-state index contributed by atoms with van der Waals surface area (Å²) >= 11 is 6.07. The predicted octanol–water partition coefficient (Wildman–Crippen LogP) is 3.71. The number of hydrogen-bond acceptors (Lipinski definition) is 3. The van der Waals surface area contributed by atoms with E-state index in [4.69, 9.17) is 21.1 Å². The Labute approximate surface area is 140 Å². The summed E-state index contributed by atoms with van der Waals surface area (Å²) in [5, 5.41) is 2.48. The number of anilines is 1. The lowest BCUT2D eigenvalue weighted by atomic mass is 10.1. The van der Waals surface area contributed by atoms with Gasteiger partial charge in [-0.05, 0) is 29.8 Å². The van der Waals surface area contributed by atoms with Gasteiger partial charge in [0.05, 0.1) is 17.1 Å². The standard InChI is InChI=1S/C16H11ClF3NO3/c17-9-5-8(6-12-16(9)24-4-3-23-12)7-13(22)21-11-2-1-10(18)14(19)15(11)20/h1-2,5-6H,3-4,7H2,(H,21,22). The van der Waals surface area contributed by atoms with Gasteiger partial charge in [0, 0.05) is 0 Å². The number of ether oxygens (including phenoxy) is 2. The van der Waals surface area contributed by atoms with Crippen LogP contribution in [0, 0.1) is 17.5 Å².